The molecule has 2 rings (SSSR count). The molecule has 1 saturated heterocycles. The van der Waals surface area contributed by atoms with Crippen LogP contribution in [0.5, 0.6) is 0 Å². The summed E-state index contributed by atoms with van der Waals surface area (Å²) < 4.78 is 2.15. The van der Waals surface area contributed by atoms with E-state index >= 15 is 0 Å². The highest BCUT2D eigenvalue weighted by Gasteiger charge is 2.12. The van der Waals surface area contributed by atoms with Crippen molar-refractivity contribution in [1.29, 1.82) is 0 Å². The van der Waals surface area contributed by atoms with Crippen LogP contribution in [0.2, 0.25) is 0 Å². The van der Waals surface area contributed by atoms with Crippen LogP contribution in [0.15, 0.2) is 6.07 Å². The van der Waals surface area contributed by atoms with E-state index in [-0.39, 0.29) is 0 Å². The number of aromatic nitrogens is 2. The number of aryl methyl sites for hydroxylation is 2. The van der Waals surface area contributed by atoms with Crippen LogP contribution in [0.4, 0.5) is 0 Å². The molecule has 1 aromatic heterocycles. The van der Waals surface area contributed by atoms with E-state index in [0.717, 1.165) is 39.1 Å². The third kappa shape index (κ3) is 3.30. The first-order valence-corrected chi connectivity index (χ1v) is 6.82. The Morgan fingerprint density at radius 1 is 1.29 bits per heavy atom. The molecule has 2 heterocycles. The van der Waals surface area contributed by atoms with Gasteiger partial charge in [0.2, 0.25) is 0 Å². The maximum atomic E-state index is 4.61. The second kappa shape index (κ2) is 6.17. The molecule has 1 aromatic rings. The van der Waals surface area contributed by atoms with E-state index in [2.05, 4.69) is 39.9 Å². The van der Waals surface area contributed by atoms with Crippen molar-refractivity contribution in [2.75, 3.05) is 26.2 Å². The Hall–Kier alpha value is -0.870. The minimum Gasteiger partial charge on any atom is -0.315 e. The lowest BCUT2D eigenvalue weighted by molar-refractivity contribution is 0.275. The molecule has 96 valence electrons. The van der Waals surface area contributed by atoms with Crippen molar-refractivity contribution in [3.05, 3.63) is 17.5 Å². The molecule has 1 fully saturated rings. The van der Waals surface area contributed by atoms with Gasteiger partial charge in [-0.2, -0.15) is 5.10 Å². The number of hydrogen-bond donors (Lipinski definition) is 1. The first-order chi connectivity index (χ1) is 8.33. The molecule has 0 aliphatic carbocycles. The highest BCUT2D eigenvalue weighted by molar-refractivity contribution is 5.10. The monoisotopic (exact) mass is 236 g/mol. The Labute approximate surface area is 104 Å². The predicted molar refractivity (Wildman–Crippen MR) is 70.0 cm³/mol. The summed E-state index contributed by atoms with van der Waals surface area (Å²) in [4.78, 5) is 2.53. The molecular formula is C13H24N4. The molecule has 0 saturated carbocycles. The predicted octanol–water partition coefficient (Wildman–Crippen LogP) is 1.26. The molecule has 1 aliphatic heterocycles. The highest BCUT2D eigenvalue weighted by atomic mass is 15.3. The molecule has 1 N–H and O–H groups in total. The minimum absolute atomic E-state index is 0.974. The Morgan fingerprint density at radius 3 is 2.94 bits per heavy atom. The number of hydrogen-bond acceptors (Lipinski definition) is 3. The minimum atomic E-state index is 0.974. The zero-order valence-corrected chi connectivity index (χ0v) is 11.1. The van der Waals surface area contributed by atoms with Crippen molar-refractivity contribution in [1.82, 2.24) is 20.0 Å². The first kappa shape index (κ1) is 12.6. The number of rotatable bonds is 4. The van der Waals surface area contributed by atoms with Crippen LogP contribution in [0, 0.1) is 0 Å². The van der Waals surface area contributed by atoms with E-state index in [4.69, 9.17) is 0 Å². The fourth-order valence-electron chi connectivity index (χ4n) is 2.38. The normalized spacial score (nSPS) is 18.2. The molecule has 0 unspecified atom stereocenters. The van der Waals surface area contributed by atoms with Crippen molar-refractivity contribution >= 4 is 0 Å². The lowest BCUT2D eigenvalue weighted by Crippen LogP contribution is -2.28. The molecular weight excluding hydrogens is 212 g/mol. The van der Waals surface area contributed by atoms with Crippen molar-refractivity contribution in [2.24, 2.45) is 0 Å². The van der Waals surface area contributed by atoms with Crippen LogP contribution < -0.4 is 5.32 Å². The summed E-state index contributed by atoms with van der Waals surface area (Å²) in [5.74, 6) is 0. The molecule has 17 heavy (non-hydrogen) atoms. The van der Waals surface area contributed by atoms with Crippen LogP contribution in [0.1, 0.15) is 31.7 Å². The van der Waals surface area contributed by atoms with Crippen LogP contribution in [-0.4, -0.2) is 40.9 Å². The Bertz CT molecular complexity index is 337. The van der Waals surface area contributed by atoms with E-state index < -0.39 is 0 Å². The molecule has 0 bridgehead atoms. The SMILES string of the molecule is CCc1cc(CN2CCCNCC2)n(CC)n1. The van der Waals surface area contributed by atoms with E-state index in [1.807, 2.05) is 0 Å². The molecule has 0 atom stereocenters. The second-order valence-corrected chi connectivity index (χ2v) is 4.68. The summed E-state index contributed by atoms with van der Waals surface area (Å²) in [7, 11) is 0. The van der Waals surface area contributed by atoms with Crippen molar-refractivity contribution in [2.45, 2.75) is 39.8 Å². The summed E-state index contributed by atoms with van der Waals surface area (Å²) in [6.07, 6.45) is 2.28. The summed E-state index contributed by atoms with van der Waals surface area (Å²) in [5.41, 5.74) is 2.58. The second-order valence-electron chi connectivity index (χ2n) is 4.68. The topological polar surface area (TPSA) is 33.1 Å². The molecule has 4 heteroatoms. The van der Waals surface area contributed by atoms with Gasteiger partial charge in [0, 0.05) is 26.2 Å². The molecule has 1 aliphatic rings. The van der Waals surface area contributed by atoms with Gasteiger partial charge in [0.15, 0.2) is 0 Å². The summed E-state index contributed by atoms with van der Waals surface area (Å²) in [6.45, 7) is 11.0. The molecule has 0 aromatic carbocycles. The van der Waals surface area contributed by atoms with Gasteiger partial charge in [0.25, 0.3) is 0 Å². The first-order valence-electron chi connectivity index (χ1n) is 6.82. The highest BCUT2D eigenvalue weighted by Crippen LogP contribution is 2.10. The maximum absolute atomic E-state index is 4.61. The fraction of sp³-hybridized carbons (Fsp3) is 0.769. The maximum Gasteiger partial charge on any atom is 0.0625 e. The summed E-state index contributed by atoms with van der Waals surface area (Å²) in [6, 6.07) is 2.27. The average molecular weight is 236 g/mol. The smallest absolute Gasteiger partial charge is 0.0625 e. The van der Waals surface area contributed by atoms with Gasteiger partial charge >= 0.3 is 0 Å². The van der Waals surface area contributed by atoms with Crippen molar-refractivity contribution in [3.63, 3.8) is 0 Å². The average Bonchev–Trinajstić information content (AvgIpc) is 2.56. The fourth-order valence-corrected chi connectivity index (χ4v) is 2.38. The third-order valence-electron chi connectivity index (χ3n) is 3.39. The van der Waals surface area contributed by atoms with Crippen LogP contribution in [0.3, 0.4) is 0 Å². The lowest BCUT2D eigenvalue weighted by atomic mass is 10.3. The molecule has 0 amide bonds. The van der Waals surface area contributed by atoms with Gasteiger partial charge in [0.1, 0.15) is 0 Å². The van der Waals surface area contributed by atoms with Gasteiger partial charge in [-0.05, 0) is 38.9 Å². The standard InChI is InChI=1S/C13H24N4/c1-3-12-10-13(17(4-2)15-12)11-16-8-5-6-14-7-9-16/h10,14H,3-9,11H2,1-2H3. The molecule has 4 nitrogen and oxygen atoms in total. The quantitative estimate of drug-likeness (QED) is 0.854. The van der Waals surface area contributed by atoms with Gasteiger partial charge in [0.05, 0.1) is 11.4 Å². The van der Waals surface area contributed by atoms with E-state index in [0.29, 0.717) is 0 Å². The Morgan fingerprint density at radius 2 is 2.18 bits per heavy atom. The lowest BCUT2D eigenvalue weighted by Gasteiger charge is -2.19. The van der Waals surface area contributed by atoms with Crippen molar-refractivity contribution in [3.8, 4) is 0 Å². The van der Waals surface area contributed by atoms with Crippen LogP contribution >= 0.6 is 0 Å². The van der Waals surface area contributed by atoms with Crippen LogP contribution in [-0.2, 0) is 19.5 Å². The van der Waals surface area contributed by atoms with Gasteiger partial charge in [-0.15, -0.1) is 0 Å². The Kier molecular flexibility index (Phi) is 4.57. The summed E-state index contributed by atoms with van der Waals surface area (Å²) in [5, 5.41) is 8.05. The number of nitrogens with zero attached hydrogens (tertiary/aromatic N) is 3. The van der Waals surface area contributed by atoms with Gasteiger partial charge in [-0.25, -0.2) is 0 Å². The van der Waals surface area contributed by atoms with E-state index in [1.165, 1.54) is 24.4 Å². The molecule has 0 spiro atoms. The van der Waals surface area contributed by atoms with E-state index in [9.17, 15) is 0 Å². The van der Waals surface area contributed by atoms with Gasteiger partial charge in [-0.1, -0.05) is 6.92 Å². The zero-order valence-electron chi connectivity index (χ0n) is 11.1. The Balaban J connectivity index is 2.02. The third-order valence-corrected chi connectivity index (χ3v) is 3.39. The van der Waals surface area contributed by atoms with Gasteiger partial charge in [-0.3, -0.25) is 9.58 Å². The van der Waals surface area contributed by atoms with Crippen LogP contribution in [0.25, 0.3) is 0 Å². The largest absolute Gasteiger partial charge is 0.315 e. The zero-order chi connectivity index (χ0) is 12.1. The summed E-state index contributed by atoms with van der Waals surface area (Å²) >= 11 is 0. The van der Waals surface area contributed by atoms with Gasteiger partial charge < -0.3 is 5.32 Å². The number of nitrogens with one attached hydrogen (secondary N) is 1. The van der Waals surface area contributed by atoms with E-state index in [1.54, 1.807) is 0 Å². The van der Waals surface area contributed by atoms with Crippen molar-refractivity contribution < 1.29 is 0 Å². The molecule has 0 radical (unpaired) electrons.